The van der Waals surface area contributed by atoms with E-state index in [1.54, 1.807) is 36.3 Å². The summed E-state index contributed by atoms with van der Waals surface area (Å²) in [5.41, 5.74) is 0.576. The molecule has 0 aliphatic carbocycles. The molecule has 0 saturated carbocycles. The Balaban J connectivity index is 1.46. The number of nitrogens with zero attached hydrogens (tertiary/aromatic N) is 2. The monoisotopic (exact) mass is 359 g/mol. The van der Waals surface area contributed by atoms with E-state index in [4.69, 9.17) is 9.47 Å². The second kappa shape index (κ2) is 8.42. The topological polar surface area (TPSA) is 54.0 Å². The van der Waals surface area contributed by atoms with E-state index in [0.29, 0.717) is 43.4 Å². The van der Waals surface area contributed by atoms with Crippen LogP contribution in [-0.2, 0) is 0 Å². The Kier molecular flexibility index (Phi) is 5.78. The second-order valence-corrected chi connectivity index (χ2v) is 5.85. The Hall–Kier alpha value is -2.96. The minimum atomic E-state index is -0.240. The number of hydrogen-bond acceptors (Lipinski definition) is 4. The first-order chi connectivity index (χ1) is 12.7. The average molecular weight is 359 g/mol. The number of carbonyl (C=O) groups excluding carboxylic acids is 1. The molecule has 6 nitrogen and oxygen atoms in total. The summed E-state index contributed by atoms with van der Waals surface area (Å²) < 4.78 is 24.6. The van der Waals surface area contributed by atoms with E-state index in [0.717, 1.165) is 0 Å². The van der Waals surface area contributed by atoms with Crippen LogP contribution < -0.4 is 19.7 Å². The number of urea groups is 1. The van der Waals surface area contributed by atoms with Gasteiger partial charge in [-0.25, -0.2) is 9.18 Å². The molecule has 0 radical (unpaired) electrons. The number of rotatable bonds is 5. The molecular formula is C19H22FN3O3. The maximum Gasteiger partial charge on any atom is 0.320 e. The van der Waals surface area contributed by atoms with Crippen LogP contribution >= 0.6 is 0 Å². The second-order valence-electron chi connectivity index (χ2n) is 5.85. The minimum Gasteiger partial charge on any atom is -0.493 e. The van der Waals surface area contributed by atoms with Crippen molar-refractivity contribution >= 4 is 11.7 Å². The smallest absolute Gasteiger partial charge is 0.320 e. The number of benzene rings is 2. The summed E-state index contributed by atoms with van der Waals surface area (Å²) >= 11 is 0. The summed E-state index contributed by atoms with van der Waals surface area (Å²) in [5.74, 6) is 0.940. The van der Waals surface area contributed by atoms with Crippen LogP contribution in [0.2, 0.25) is 0 Å². The molecule has 0 aromatic heterocycles. The highest BCUT2D eigenvalue weighted by Gasteiger charge is 2.22. The number of anilines is 1. The van der Waals surface area contributed by atoms with Gasteiger partial charge < -0.3 is 24.6 Å². The summed E-state index contributed by atoms with van der Waals surface area (Å²) in [4.78, 5) is 15.9. The first-order valence-electron chi connectivity index (χ1n) is 8.47. The molecule has 2 amide bonds. The van der Waals surface area contributed by atoms with Crippen molar-refractivity contribution in [1.29, 1.82) is 0 Å². The molecule has 138 valence electrons. The molecular weight excluding hydrogens is 337 g/mol. The van der Waals surface area contributed by atoms with Crippen molar-refractivity contribution in [3.63, 3.8) is 0 Å². The molecule has 3 rings (SSSR count). The van der Waals surface area contributed by atoms with Gasteiger partial charge in [0, 0.05) is 26.2 Å². The fourth-order valence-electron chi connectivity index (χ4n) is 2.88. The van der Waals surface area contributed by atoms with Gasteiger partial charge in [-0.1, -0.05) is 24.3 Å². The van der Waals surface area contributed by atoms with Crippen LogP contribution in [-0.4, -0.2) is 51.0 Å². The van der Waals surface area contributed by atoms with E-state index in [2.05, 4.69) is 5.32 Å². The van der Waals surface area contributed by atoms with E-state index < -0.39 is 0 Å². The highest BCUT2D eigenvalue weighted by atomic mass is 19.1. The average Bonchev–Trinajstić information content (AvgIpc) is 2.69. The summed E-state index contributed by atoms with van der Waals surface area (Å²) in [6, 6.07) is 13.7. The molecule has 0 bridgehead atoms. The number of para-hydroxylation sites is 3. The summed E-state index contributed by atoms with van der Waals surface area (Å²) in [5, 5.41) is 2.73. The Morgan fingerprint density at radius 3 is 2.38 bits per heavy atom. The largest absolute Gasteiger partial charge is 0.493 e. The van der Waals surface area contributed by atoms with E-state index in [9.17, 15) is 9.18 Å². The molecule has 2 aromatic carbocycles. The van der Waals surface area contributed by atoms with E-state index in [1.165, 1.54) is 6.07 Å². The molecule has 26 heavy (non-hydrogen) atoms. The quantitative estimate of drug-likeness (QED) is 0.834. The van der Waals surface area contributed by atoms with Gasteiger partial charge in [0.2, 0.25) is 0 Å². The van der Waals surface area contributed by atoms with Crippen LogP contribution in [0.25, 0.3) is 0 Å². The van der Waals surface area contributed by atoms with Crippen molar-refractivity contribution in [3.8, 4) is 11.5 Å². The SMILES string of the molecule is COc1ccccc1OCNC(=O)N1CCN(c2ccccc2F)CC1. The number of nitrogens with one attached hydrogen (secondary N) is 1. The molecule has 1 saturated heterocycles. The maximum atomic E-state index is 13.9. The van der Waals surface area contributed by atoms with Crippen LogP contribution in [0.4, 0.5) is 14.9 Å². The van der Waals surface area contributed by atoms with Crippen LogP contribution in [0.15, 0.2) is 48.5 Å². The fourth-order valence-corrected chi connectivity index (χ4v) is 2.88. The van der Waals surface area contributed by atoms with Crippen molar-refractivity contribution in [2.45, 2.75) is 0 Å². The maximum absolute atomic E-state index is 13.9. The lowest BCUT2D eigenvalue weighted by atomic mass is 10.2. The molecule has 0 atom stereocenters. The van der Waals surface area contributed by atoms with Crippen molar-refractivity contribution in [2.75, 3.05) is 44.9 Å². The lowest BCUT2D eigenvalue weighted by molar-refractivity contribution is 0.180. The Morgan fingerprint density at radius 2 is 1.69 bits per heavy atom. The standard InChI is InChI=1S/C19H22FN3O3/c1-25-17-8-4-5-9-18(17)26-14-21-19(24)23-12-10-22(11-13-23)16-7-3-2-6-15(16)20/h2-9H,10-14H2,1H3,(H,21,24). The van der Waals surface area contributed by atoms with E-state index in [1.807, 2.05) is 23.1 Å². The summed E-state index contributed by atoms with van der Waals surface area (Å²) in [6.45, 7) is 2.26. The van der Waals surface area contributed by atoms with Gasteiger partial charge in [-0.15, -0.1) is 0 Å². The number of piperazine rings is 1. The van der Waals surface area contributed by atoms with Crippen LogP contribution in [0.3, 0.4) is 0 Å². The molecule has 2 aromatic rings. The number of methoxy groups -OCH3 is 1. The third-order valence-electron chi connectivity index (χ3n) is 4.28. The molecule has 1 heterocycles. The number of hydrogen-bond donors (Lipinski definition) is 1. The Labute approximate surface area is 152 Å². The molecule has 0 unspecified atom stereocenters. The molecule has 1 aliphatic rings. The van der Waals surface area contributed by atoms with Crippen molar-refractivity contribution in [2.24, 2.45) is 0 Å². The highest BCUT2D eigenvalue weighted by molar-refractivity contribution is 5.74. The molecule has 1 aliphatic heterocycles. The van der Waals surface area contributed by atoms with Gasteiger partial charge in [-0.2, -0.15) is 0 Å². The van der Waals surface area contributed by atoms with E-state index >= 15 is 0 Å². The highest BCUT2D eigenvalue weighted by Crippen LogP contribution is 2.25. The minimum absolute atomic E-state index is 0.0483. The zero-order valence-corrected chi connectivity index (χ0v) is 14.7. The number of halogens is 1. The lowest BCUT2D eigenvalue weighted by Gasteiger charge is -2.36. The van der Waals surface area contributed by atoms with Gasteiger partial charge in [0.15, 0.2) is 18.2 Å². The first-order valence-corrected chi connectivity index (χ1v) is 8.47. The van der Waals surface area contributed by atoms with Gasteiger partial charge in [0.05, 0.1) is 12.8 Å². The number of amides is 2. The number of carbonyl (C=O) groups is 1. The van der Waals surface area contributed by atoms with Gasteiger partial charge in [0.25, 0.3) is 0 Å². The Bertz CT molecular complexity index is 748. The fraction of sp³-hybridized carbons (Fsp3) is 0.316. The van der Waals surface area contributed by atoms with Gasteiger partial charge in [-0.3, -0.25) is 0 Å². The zero-order chi connectivity index (χ0) is 18.4. The predicted molar refractivity (Wildman–Crippen MR) is 97.2 cm³/mol. The third-order valence-corrected chi connectivity index (χ3v) is 4.28. The predicted octanol–water partition coefficient (Wildman–Crippen LogP) is 2.70. The first kappa shape index (κ1) is 17.8. The zero-order valence-electron chi connectivity index (χ0n) is 14.7. The normalized spacial score (nSPS) is 14.1. The van der Waals surface area contributed by atoms with E-state index in [-0.39, 0.29) is 18.6 Å². The van der Waals surface area contributed by atoms with Crippen molar-refractivity contribution in [3.05, 3.63) is 54.3 Å². The number of ether oxygens (including phenoxy) is 2. The lowest BCUT2D eigenvalue weighted by Crippen LogP contribution is -2.52. The van der Waals surface area contributed by atoms with Gasteiger partial charge in [0.1, 0.15) is 5.82 Å². The third kappa shape index (κ3) is 4.17. The van der Waals surface area contributed by atoms with Gasteiger partial charge >= 0.3 is 6.03 Å². The molecule has 7 heteroatoms. The van der Waals surface area contributed by atoms with Crippen LogP contribution in [0, 0.1) is 5.82 Å². The summed E-state index contributed by atoms with van der Waals surface area (Å²) in [7, 11) is 1.57. The molecule has 0 spiro atoms. The van der Waals surface area contributed by atoms with Crippen LogP contribution in [0.5, 0.6) is 11.5 Å². The summed E-state index contributed by atoms with van der Waals surface area (Å²) in [6.07, 6.45) is 0. The van der Waals surface area contributed by atoms with Crippen molar-refractivity contribution in [1.82, 2.24) is 10.2 Å². The van der Waals surface area contributed by atoms with Gasteiger partial charge in [-0.05, 0) is 24.3 Å². The Morgan fingerprint density at radius 1 is 1.04 bits per heavy atom. The molecule has 1 N–H and O–H groups in total. The molecule has 1 fully saturated rings. The van der Waals surface area contributed by atoms with Crippen LogP contribution in [0.1, 0.15) is 0 Å². The van der Waals surface area contributed by atoms with Crippen molar-refractivity contribution < 1.29 is 18.7 Å².